The van der Waals surface area contributed by atoms with E-state index in [1.165, 1.54) is 5.69 Å². The van der Waals surface area contributed by atoms with Gasteiger partial charge in [-0.2, -0.15) is 0 Å². The zero-order valence-electron chi connectivity index (χ0n) is 12.6. The Balaban J connectivity index is 1.92. The van der Waals surface area contributed by atoms with Crippen molar-refractivity contribution in [2.45, 2.75) is 13.8 Å². The van der Waals surface area contributed by atoms with Gasteiger partial charge >= 0.3 is 0 Å². The van der Waals surface area contributed by atoms with E-state index in [1.807, 2.05) is 0 Å². The lowest BCUT2D eigenvalue weighted by molar-refractivity contribution is -0.539. The predicted molar refractivity (Wildman–Crippen MR) is 84.4 cm³/mol. The van der Waals surface area contributed by atoms with E-state index < -0.39 is 0 Å². The molecule has 0 aliphatic carbocycles. The van der Waals surface area contributed by atoms with Gasteiger partial charge in [-0.05, 0) is 26.0 Å². The molecule has 0 unspecified atom stereocenters. The molecule has 4 heteroatoms. The van der Waals surface area contributed by atoms with Crippen molar-refractivity contribution in [1.82, 2.24) is 0 Å². The SMILES string of the molecule is CCNc1ccc2c(c1)Oc1cc(N(C)CC)ccc1[Cl+]2. The van der Waals surface area contributed by atoms with Crippen molar-refractivity contribution in [2.75, 3.05) is 30.4 Å². The molecule has 1 aliphatic heterocycles. The molecule has 0 atom stereocenters. The molecule has 2 aromatic rings. The zero-order chi connectivity index (χ0) is 14.8. The second-order valence-corrected chi connectivity index (χ2v) is 6.00. The summed E-state index contributed by atoms with van der Waals surface area (Å²) in [5.74, 6) is 1.83. The summed E-state index contributed by atoms with van der Waals surface area (Å²) in [6.45, 7) is 6.11. The Hall–Kier alpha value is -1.87. The number of benzene rings is 2. The smallest absolute Gasteiger partial charge is 0.278 e. The zero-order valence-corrected chi connectivity index (χ0v) is 13.4. The van der Waals surface area contributed by atoms with Crippen LogP contribution in [-0.4, -0.2) is 20.1 Å². The van der Waals surface area contributed by atoms with Crippen molar-refractivity contribution in [3.8, 4) is 11.5 Å². The highest BCUT2D eigenvalue weighted by Gasteiger charge is 2.31. The maximum Gasteiger partial charge on any atom is 0.278 e. The third-order valence-electron chi connectivity index (χ3n) is 3.57. The topological polar surface area (TPSA) is 24.5 Å². The number of nitrogens with one attached hydrogen (secondary N) is 1. The van der Waals surface area contributed by atoms with Crippen molar-refractivity contribution < 1.29 is 15.5 Å². The molecule has 21 heavy (non-hydrogen) atoms. The van der Waals surface area contributed by atoms with Gasteiger partial charge in [0.05, 0.1) is 0 Å². The minimum atomic E-state index is 0.906. The molecule has 0 bridgehead atoms. The number of hydrogen-bond donors (Lipinski definition) is 1. The van der Waals surface area contributed by atoms with Crippen molar-refractivity contribution in [3.05, 3.63) is 46.4 Å². The van der Waals surface area contributed by atoms with E-state index in [-0.39, 0.29) is 0 Å². The number of ether oxygens (including phenoxy) is 1. The summed E-state index contributed by atoms with van der Waals surface area (Å²) in [6.07, 6.45) is 0. The summed E-state index contributed by atoms with van der Waals surface area (Å²) in [5.41, 5.74) is 2.26. The van der Waals surface area contributed by atoms with E-state index in [0.717, 1.165) is 40.3 Å². The maximum atomic E-state index is 6.10. The number of rotatable bonds is 4. The monoisotopic (exact) mass is 303 g/mol. The third-order valence-corrected chi connectivity index (χ3v) is 4.60. The summed E-state index contributed by atoms with van der Waals surface area (Å²) in [4.78, 5) is 2.20. The highest BCUT2D eigenvalue weighted by molar-refractivity contribution is 5.57. The van der Waals surface area contributed by atoms with Gasteiger partial charge in [-0.3, -0.25) is 0 Å². The first kappa shape index (κ1) is 14.1. The molecule has 3 rings (SSSR count). The molecule has 110 valence electrons. The van der Waals surface area contributed by atoms with E-state index in [4.69, 9.17) is 4.74 Å². The fraction of sp³-hybridized carbons (Fsp3) is 0.294. The van der Waals surface area contributed by atoms with Gasteiger partial charge in [-0.25, -0.2) is 0 Å². The Morgan fingerprint density at radius 1 is 1.05 bits per heavy atom. The van der Waals surface area contributed by atoms with Crippen LogP contribution in [0.25, 0.3) is 0 Å². The van der Waals surface area contributed by atoms with Gasteiger partial charge in [-0.15, -0.1) is 0 Å². The lowest BCUT2D eigenvalue weighted by Crippen LogP contribution is -2.15. The molecule has 0 saturated heterocycles. The summed E-state index contributed by atoms with van der Waals surface area (Å²) < 4.78 is 6.10. The second kappa shape index (κ2) is 5.86. The summed E-state index contributed by atoms with van der Waals surface area (Å²) in [6, 6.07) is 12.6. The molecule has 0 fully saturated rings. The molecular formula is C17H20ClN2O+. The highest BCUT2D eigenvalue weighted by Crippen LogP contribution is 2.42. The third kappa shape index (κ3) is 2.79. The lowest BCUT2D eigenvalue weighted by atomic mass is 10.2. The van der Waals surface area contributed by atoms with E-state index in [0.29, 0.717) is 0 Å². The van der Waals surface area contributed by atoms with Crippen LogP contribution in [0.15, 0.2) is 36.4 Å². The van der Waals surface area contributed by atoms with E-state index in [2.05, 4.69) is 78.3 Å². The molecule has 1 N–H and O–H groups in total. The van der Waals surface area contributed by atoms with Crippen molar-refractivity contribution >= 4 is 11.4 Å². The van der Waals surface area contributed by atoms with Gasteiger partial charge in [0, 0.05) is 55.8 Å². The number of hydrogen-bond acceptors (Lipinski definition) is 3. The van der Waals surface area contributed by atoms with Crippen LogP contribution >= 0.6 is 0 Å². The van der Waals surface area contributed by atoms with Crippen LogP contribution in [0.3, 0.4) is 0 Å². The Labute approximate surface area is 129 Å². The van der Waals surface area contributed by atoms with Crippen LogP contribution in [0.5, 0.6) is 11.5 Å². The molecule has 1 heterocycles. The number of halogens is 1. The van der Waals surface area contributed by atoms with Gasteiger partial charge in [0.1, 0.15) is 0 Å². The van der Waals surface area contributed by atoms with E-state index in [1.54, 1.807) is 0 Å². The molecule has 2 aromatic carbocycles. The lowest BCUT2D eigenvalue weighted by Gasteiger charge is -2.18. The minimum Gasteiger partial charge on any atom is -0.445 e. The number of anilines is 2. The van der Waals surface area contributed by atoms with Crippen LogP contribution in [0.2, 0.25) is 10.0 Å². The second-order valence-electron chi connectivity index (χ2n) is 5.00. The molecular weight excluding hydrogens is 284 g/mol. The molecule has 0 spiro atoms. The fourth-order valence-corrected chi connectivity index (χ4v) is 3.11. The Morgan fingerprint density at radius 2 is 1.76 bits per heavy atom. The fourth-order valence-electron chi connectivity index (χ4n) is 2.27. The Kier molecular flexibility index (Phi) is 3.93. The summed E-state index contributed by atoms with van der Waals surface area (Å²) in [5, 5.41) is 5.55. The normalized spacial score (nSPS) is 12.1. The molecule has 0 radical (unpaired) electrons. The molecule has 3 nitrogen and oxygen atoms in total. The van der Waals surface area contributed by atoms with Gasteiger partial charge in [0.15, 0.2) is 11.5 Å². The highest BCUT2D eigenvalue weighted by atomic mass is 35.5. The summed E-state index contributed by atoms with van der Waals surface area (Å²) in [7, 11) is 4.41. The van der Waals surface area contributed by atoms with Crippen LogP contribution in [0.1, 0.15) is 13.8 Å². The standard InChI is InChI=1S/C17H20ClN2O/c1-4-19-12-6-8-14-16(10-12)21-17-11-13(20(3)5-2)7-9-15(17)18-14/h6-11,19H,4-5H2,1-3H3/q+1. The van der Waals surface area contributed by atoms with Crippen molar-refractivity contribution in [2.24, 2.45) is 0 Å². The van der Waals surface area contributed by atoms with Crippen molar-refractivity contribution in [1.29, 1.82) is 0 Å². The molecule has 1 aliphatic rings. The first-order valence-electron chi connectivity index (χ1n) is 7.27. The molecule has 0 amide bonds. The molecule has 0 aromatic heterocycles. The first-order chi connectivity index (χ1) is 10.2. The van der Waals surface area contributed by atoms with E-state index >= 15 is 0 Å². The van der Waals surface area contributed by atoms with Crippen LogP contribution < -0.4 is 15.0 Å². The van der Waals surface area contributed by atoms with Crippen LogP contribution in [0.4, 0.5) is 11.4 Å². The average molecular weight is 304 g/mol. The van der Waals surface area contributed by atoms with Gasteiger partial charge in [0.25, 0.3) is 10.0 Å². The minimum absolute atomic E-state index is 0.906. The van der Waals surface area contributed by atoms with Crippen LogP contribution in [0, 0.1) is 10.8 Å². The first-order valence-corrected chi connectivity index (χ1v) is 8.02. The molecule has 0 saturated carbocycles. The Morgan fingerprint density at radius 3 is 2.48 bits per heavy atom. The van der Waals surface area contributed by atoms with E-state index in [9.17, 15) is 0 Å². The summed E-state index contributed by atoms with van der Waals surface area (Å²) >= 11 is 0. The maximum absolute atomic E-state index is 6.10. The van der Waals surface area contributed by atoms with Gasteiger partial charge in [-0.1, -0.05) is 0 Å². The number of fused-ring (bicyclic) bond motifs is 2. The predicted octanol–water partition coefficient (Wildman–Crippen LogP) is 4.29. The van der Waals surface area contributed by atoms with Gasteiger partial charge < -0.3 is 15.0 Å². The van der Waals surface area contributed by atoms with Crippen molar-refractivity contribution in [3.63, 3.8) is 0 Å². The van der Waals surface area contributed by atoms with Gasteiger partial charge in [0.2, 0.25) is 10.8 Å². The average Bonchev–Trinajstić information content (AvgIpc) is 2.52. The number of nitrogens with zero attached hydrogens (tertiary/aromatic N) is 1. The Bertz CT molecular complexity index is 657. The largest absolute Gasteiger partial charge is 0.445 e. The van der Waals surface area contributed by atoms with Crippen LogP contribution in [-0.2, 0) is 0 Å². The quantitative estimate of drug-likeness (QED) is 0.778.